The molecule has 0 aliphatic carbocycles. The third kappa shape index (κ3) is 4.81. The third-order valence-electron chi connectivity index (χ3n) is 7.49. The number of hydrogen-bond acceptors (Lipinski definition) is 7. The van der Waals surface area contributed by atoms with E-state index in [9.17, 15) is 10.5 Å². The van der Waals surface area contributed by atoms with E-state index in [1.165, 1.54) is 7.11 Å². The first-order valence-corrected chi connectivity index (χ1v) is 13.6. The zero-order valence-electron chi connectivity index (χ0n) is 24.5. The smallest absolute Gasteiger partial charge is 0.212 e. The van der Waals surface area contributed by atoms with E-state index in [1.54, 1.807) is 56.8 Å². The van der Waals surface area contributed by atoms with Crippen LogP contribution in [0.5, 0.6) is 17.4 Å². The van der Waals surface area contributed by atoms with Crippen LogP contribution in [0.3, 0.4) is 0 Å². The normalized spacial score (nSPS) is 12.3. The molecule has 0 aliphatic heterocycles. The number of aromatic nitrogens is 5. The molecule has 216 valence electrons. The van der Waals surface area contributed by atoms with Crippen molar-refractivity contribution in [3.05, 3.63) is 102 Å². The summed E-state index contributed by atoms with van der Waals surface area (Å²) in [5, 5.41) is 28.1. The first-order chi connectivity index (χ1) is 21.5. The molecule has 10 nitrogen and oxygen atoms in total. The van der Waals surface area contributed by atoms with Gasteiger partial charge in [-0.3, -0.25) is 4.68 Å². The minimum Gasteiger partial charge on any atom is -0.497 e. The molecule has 0 saturated carbocycles. The van der Waals surface area contributed by atoms with Gasteiger partial charge in [0.05, 0.1) is 38.2 Å². The summed E-state index contributed by atoms with van der Waals surface area (Å²) < 4.78 is 18.0. The van der Waals surface area contributed by atoms with Crippen LogP contribution >= 0.6 is 0 Å². The van der Waals surface area contributed by atoms with E-state index in [1.807, 2.05) is 48.5 Å². The van der Waals surface area contributed by atoms with Gasteiger partial charge in [0, 0.05) is 87.5 Å². The zero-order chi connectivity index (χ0) is 30.8. The Kier molecular flexibility index (Phi) is 7.32. The number of aromatic amines is 2. The number of hydrogen-bond donors (Lipinski definition) is 2. The van der Waals surface area contributed by atoms with E-state index < -0.39 is 0 Å². The number of nitrogens with one attached hydrogen (secondary N) is 2. The van der Waals surface area contributed by atoms with Crippen molar-refractivity contribution in [2.45, 2.75) is 0 Å². The number of ether oxygens (including phenoxy) is 3. The highest BCUT2D eigenvalue weighted by molar-refractivity contribution is 6.27. The summed E-state index contributed by atoms with van der Waals surface area (Å²) in [6.07, 6.45) is 7.02. The van der Waals surface area contributed by atoms with E-state index in [4.69, 9.17) is 19.3 Å². The van der Waals surface area contributed by atoms with Crippen LogP contribution in [0.2, 0.25) is 0 Å². The van der Waals surface area contributed by atoms with Gasteiger partial charge in [-0.25, -0.2) is 4.98 Å². The second-order valence-corrected chi connectivity index (χ2v) is 9.92. The molecule has 10 heteroatoms. The molecule has 0 saturated heterocycles. The fourth-order valence-electron chi connectivity index (χ4n) is 5.36. The van der Waals surface area contributed by atoms with Gasteiger partial charge >= 0.3 is 0 Å². The van der Waals surface area contributed by atoms with Gasteiger partial charge in [-0.2, -0.15) is 15.6 Å². The first-order valence-electron chi connectivity index (χ1n) is 13.6. The van der Waals surface area contributed by atoms with Crippen LogP contribution < -0.4 is 14.2 Å². The lowest BCUT2D eigenvalue weighted by Gasteiger charge is -2.17. The van der Waals surface area contributed by atoms with Crippen LogP contribution in [0, 0.1) is 22.7 Å². The van der Waals surface area contributed by atoms with Crippen LogP contribution in [0.1, 0.15) is 22.4 Å². The Morgan fingerprint density at radius 2 is 1.34 bits per heavy atom. The summed E-state index contributed by atoms with van der Waals surface area (Å²) in [6.45, 7) is 0. The van der Waals surface area contributed by atoms with E-state index in [0.29, 0.717) is 62.1 Å². The molecule has 6 rings (SSSR count). The average Bonchev–Trinajstić information content (AvgIpc) is 3.80. The van der Waals surface area contributed by atoms with E-state index in [0.717, 1.165) is 21.8 Å². The lowest BCUT2D eigenvalue weighted by molar-refractivity contribution is 0.398. The van der Waals surface area contributed by atoms with Gasteiger partial charge in [0.1, 0.15) is 23.6 Å². The number of nitriles is 2. The van der Waals surface area contributed by atoms with E-state index >= 15 is 0 Å². The highest BCUT2D eigenvalue weighted by atomic mass is 16.5. The summed E-state index contributed by atoms with van der Waals surface area (Å²) >= 11 is 0. The fraction of sp³-hybridized carbons (Fsp3) is 0.118. The summed E-state index contributed by atoms with van der Waals surface area (Å²) in [4.78, 5) is 11.0. The average molecular weight is 582 g/mol. The Morgan fingerprint density at radius 3 is 1.80 bits per heavy atom. The van der Waals surface area contributed by atoms with Gasteiger partial charge in [-0.1, -0.05) is 0 Å². The summed E-state index contributed by atoms with van der Waals surface area (Å²) in [6, 6.07) is 21.5. The Bertz CT molecular complexity index is 2170. The second kappa shape index (κ2) is 11.6. The van der Waals surface area contributed by atoms with Gasteiger partial charge in [0.25, 0.3) is 0 Å². The molecule has 44 heavy (non-hydrogen) atoms. The molecule has 4 heterocycles. The predicted octanol–water partition coefficient (Wildman–Crippen LogP) is 6.37. The van der Waals surface area contributed by atoms with Crippen LogP contribution in [-0.2, 0) is 7.05 Å². The molecule has 0 fully saturated rings. The molecule has 2 aromatic carbocycles. The molecule has 0 atom stereocenters. The van der Waals surface area contributed by atoms with Crippen LogP contribution in [-0.4, -0.2) is 46.1 Å². The van der Waals surface area contributed by atoms with Crippen LogP contribution in [0.4, 0.5) is 0 Å². The molecule has 4 aromatic heterocycles. The quantitative estimate of drug-likeness (QED) is 0.157. The lowest BCUT2D eigenvalue weighted by Crippen LogP contribution is -2.01. The number of benzene rings is 2. The van der Waals surface area contributed by atoms with Crippen molar-refractivity contribution in [3.63, 3.8) is 0 Å². The second-order valence-electron chi connectivity index (χ2n) is 9.92. The number of nitrogens with zero attached hydrogens (tertiary/aromatic N) is 5. The van der Waals surface area contributed by atoms with E-state index in [-0.39, 0.29) is 0 Å². The van der Waals surface area contributed by atoms with Gasteiger partial charge in [0.15, 0.2) is 0 Å². The molecule has 0 aliphatic rings. The summed E-state index contributed by atoms with van der Waals surface area (Å²) in [5.74, 6) is 1.71. The monoisotopic (exact) mass is 581 g/mol. The number of fused-ring (bicyclic) bond motifs is 2. The molecular weight excluding hydrogens is 554 g/mol. The SMILES string of the molecule is COc1ccc2[nH]cc(/C(C#N)=C(/C(=C(/C#N)c3c[nH]c4ccc(OC)cc34)c3ccn(C)n3)c3ccc(OC)nc3)c2c1. The molecule has 0 bridgehead atoms. The molecule has 0 radical (unpaired) electrons. The standard InChI is InChI=1S/C34H27N7O3/c1-41-12-11-31(40-41)34(26(16-36)28-19-38-30-9-7-22(43-3)14-24(28)30)33(20-5-10-32(44-4)39-17-20)25(15-35)27-18-37-29-8-6-21(42-2)13-23(27)29/h5-14,17-19,37-38H,1-4H3/b33-25+,34-26-. The lowest BCUT2D eigenvalue weighted by atomic mass is 9.84. The number of allylic oxidation sites excluding steroid dienone is 4. The molecular formula is C34H27N7O3. The molecule has 0 unspecified atom stereocenters. The zero-order valence-corrected chi connectivity index (χ0v) is 24.5. The first kappa shape index (κ1) is 27.9. The van der Waals surface area contributed by atoms with Crippen molar-refractivity contribution in [2.75, 3.05) is 21.3 Å². The van der Waals surface area contributed by atoms with Crippen molar-refractivity contribution >= 4 is 44.1 Å². The number of methoxy groups -OCH3 is 3. The van der Waals surface area contributed by atoms with E-state index in [2.05, 4.69) is 27.1 Å². The van der Waals surface area contributed by atoms with Gasteiger partial charge in [-0.05, 0) is 48.5 Å². The van der Waals surface area contributed by atoms with Crippen molar-refractivity contribution < 1.29 is 14.2 Å². The fourth-order valence-corrected chi connectivity index (χ4v) is 5.36. The van der Waals surface area contributed by atoms with Gasteiger partial charge in [0.2, 0.25) is 5.88 Å². The van der Waals surface area contributed by atoms with Crippen LogP contribution in [0.25, 0.3) is 44.1 Å². The maximum atomic E-state index is 10.9. The highest BCUT2D eigenvalue weighted by Crippen LogP contribution is 2.44. The van der Waals surface area contributed by atoms with Crippen molar-refractivity contribution in [2.24, 2.45) is 7.05 Å². The number of H-pyrrole nitrogens is 2. The van der Waals surface area contributed by atoms with Crippen molar-refractivity contribution in [3.8, 4) is 29.5 Å². The maximum Gasteiger partial charge on any atom is 0.212 e. The maximum absolute atomic E-state index is 10.9. The minimum absolute atomic E-state index is 0.319. The molecule has 0 amide bonds. The number of rotatable bonds is 8. The Hall–Kier alpha value is -6.26. The summed E-state index contributed by atoms with van der Waals surface area (Å²) in [5.41, 5.74) is 5.64. The Balaban J connectivity index is 1.78. The van der Waals surface area contributed by atoms with Crippen molar-refractivity contribution in [1.82, 2.24) is 24.7 Å². The van der Waals surface area contributed by atoms with Crippen molar-refractivity contribution in [1.29, 1.82) is 10.5 Å². The molecule has 2 N–H and O–H groups in total. The number of aryl methyl sites for hydroxylation is 1. The van der Waals surface area contributed by atoms with Gasteiger partial charge in [-0.15, -0.1) is 0 Å². The number of pyridine rings is 1. The van der Waals surface area contributed by atoms with Gasteiger partial charge < -0.3 is 24.2 Å². The largest absolute Gasteiger partial charge is 0.497 e. The predicted molar refractivity (Wildman–Crippen MR) is 169 cm³/mol. The highest BCUT2D eigenvalue weighted by Gasteiger charge is 2.27. The summed E-state index contributed by atoms with van der Waals surface area (Å²) in [7, 11) is 6.54. The Labute approximate surface area is 253 Å². The van der Waals surface area contributed by atoms with Crippen LogP contribution in [0.15, 0.2) is 79.4 Å². The Morgan fingerprint density at radius 1 is 0.750 bits per heavy atom. The topological polar surface area (TPSA) is 138 Å². The third-order valence-corrected chi connectivity index (χ3v) is 7.49. The molecule has 6 aromatic rings. The molecule has 0 spiro atoms. The minimum atomic E-state index is 0.319.